The van der Waals surface area contributed by atoms with Gasteiger partial charge in [-0.3, -0.25) is 9.97 Å². The predicted octanol–water partition coefficient (Wildman–Crippen LogP) is -1.98. The topological polar surface area (TPSA) is 25.8 Å². The van der Waals surface area contributed by atoms with Crippen LogP contribution in [0, 0.1) is 27.7 Å². The number of aromatic nitrogens is 2. The van der Waals surface area contributed by atoms with E-state index >= 15 is 0 Å². The van der Waals surface area contributed by atoms with Crippen molar-refractivity contribution >= 4 is 21.8 Å². The van der Waals surface area contributed by atoms with Crippen LogP contribution in [0.2, 0.25) is 0 Å². The van der Waals surface area contributed by atoms with Crippen molar-refractivity contribution < 1.29 is 41.3 Å². The molecule has 3 rings (SSSR count). The summed E-state index contributed by atoms with van der Waals surface area (Å²) in [6.07, 6.45) is 3.88. The van der Waals surface area contributed by atoms with Crippen LogP contribution in [0.4, 0.5) is 0 Å². The standard InChI is InChI=1S/C16H16N2.2ClH.Ni/c1-9-7-17-15-13(11(9)3)5-6-14-12(4)10(2)8-18-16(14)15;;;/h5-8H,1-4H3;2*1H;/q;;;+2/p-2. The molecule has 0 aliphatic carbocycles. The monoisotopic (exact) mass is 364 g/mol. The molecule has 5 heteroatoms. The largest absolute Gasteiger partial charge is 2.00 e. The van der Waals surface area contributed by atoms with Gasteiger partial charge in [0.05, 0.1) is 11.0 Å². The van der Waals surface area contributed by atoms with Gasteiger partial charge in [0.1, 0.15) is 0 Å². The van der Waals surface area contributed by atoms with E-state index in [9.17, 15) is 0 Å². The summed E-state index contributed by atoms with van der Waals surface area (Å²) in [6, 6.07) is 4.34. The Morgan fingerprint density at radius 1 is 0.667 bits per heavy atom. The third-order valence-electron chi connectivity index (χ3n) is 3.92. The van der Waals surface area contributed by atoms with Gasteiger partial charge in [-0.2, -0.15) is 0 Å². The van der Waals surface area contributed by atoms with Gasteiger partial charge in [0.15, 0.2) is 0 Å². The predicted molar refractivity (Wildman–Crippen MR) is 76.0 cm³/mol. The number of halogens is 2. The zero-order valence-electron chi connectivity index (χ0n) is 12.3. The molecule has 0 atom stereocenters. The molecule has 2 nitrogen and oxygen atoms in total. The van der Waals surface area contributed by atoms with E-state index in [1.807, 2.05) is 12.4 Å². The maximum absolute atomic E-state index is 4.58. The van der Waals surface area contributed by atoms with E-state index in [0.29, 0.717) is 0 Å². The molecule has 114 valence electrons. The van der Waals surface area contributed by atoms with Crippen LogP contribution in [-0.2, 0) is 16.5 Å². The minimum Gasteiger partial charge on any atom is -1.00 e. The smallest absolute Gasteiger partial charge is 1.00 e. The number of nitrogens with zero attached hydrogens (tertiary/aromatic N) is 2. The van der Waals surface area contributed by atoms with Crippen molar-refractivity contribution in [2.45, 2.75) is 27.7 Å². The molecule has 0 saturated carbocycles. The Morgan fingerprint density at radius 2 is 1.00 bits per heavy atom. The molecule has 0 radical (unpaired) electrons. The molecule has 0 aliphatic heterocycles. The molecule has 0 N–H and O–H groups in total. The maximum Gasteiger partial charge on any atom is 2.00 e. The molecule has 0 saturated heterocycles. The zero-order valence-corrected chi connectivity index (χ0v) is 14.8. The quantitative estimate of drug-likeness (QED) is 0.341. The third-order valence-corrected chi connectivity index (χ3v) is 3.92. The molecule has 21 heavy (non-hydrogen) atoms. The van der Waals surface area contributed by atoms with E-state index < -0.39 is 0 Å². The van der Waals surface area contributed by atoms with Crippen LogP contribution in [0.1, 0.15) is 22.3 Å². The first-order valence-electron chi connectivity index (χ1n) is 6.20. The molecule has 2 aromatic heterocycles. The molecular formula is C16H16Cl2N2Ni. The number of benzene rings is 1. The van der Waals surface area contributed by atoms with Crippen molar-refractivity contribution in [1.82, 2.24) is 9.97 Å². The summed E-state index contributed by atoms with van der Waals surface area (Å²) < 4.78 is 0. The van der Waals surface area contributed by atoms with Crippen molar-refractivity contribution in [3.05, 3.63) is 46.8 Å². The third kappa shape index (κ3) is 3.16. The summed E-state index contributed by atoms with van der Waals surface area (Å²) in [7, 11) is 0. The van der Waals surface area contributed by atoms with E-state index in [1.165, 1.54) is 33.0 Å². The molecule has 0 unspecified atom stereocenters. The Bertz CT molecular complexity index is 721. The summed E-state index contributed by atoms with van der Waals surface area (Å²) in [4.78, 5) is 9.16. The van der Waals surface area contributed by atoms with Gasteiger partial charge in [-0.25, -0.2) is 0 Å². The number of rotatable bonds is 0. The Morgan fingerprint density at radius 3 is 1.33 bits per heavy atom. The zero-order chi connectivity index (χ0) is 12.9. The fourth-order valence-corrected chi connectivity index (χ4v) is 2.39. The van der Waals surface area contributed by atoms with Crippen molar-refractivity contribution in [3.63, 3.8) is 0 Å². The van der Waals surface area contributed by atoms with Crippen LogP contribution in [0.5, 0.6) is 0 Å². The summed E-state index contributed by atoms with van der Waals surface area (Å²) >= 11 is 0. The summed E-state index contributed by atoms with van der Waals surface area (Å²) in [5.41, 5.74) is 7.07. The van der Waals surface area contributed by atoms with Crippen molar-refractivity contribution in [2.75, 3.05) is 0 Å². The summed E-state index contributed by atoms with van der Waals surface area (Å²) in [5, 5.41) is 2.41. The van der Waals surface area contributed by atoms with Gasteiger partial charge in [0.2, 0.25) is 0 Å². The number of fused-ring (bicyclic) bond motifs is 3. The van der Waals surface area contributed by atoms with Crippen LogP contribution in [0.3, 0.4) is 0 Å². The Kier molecular flexibility index (Phi) is 7.09. The number of aryl methyl sites for hydroxylation is 4. The van der Waals surface area contributed by atoms with E-state index in [1.54, 1.807) is 0 Å². The van der Waals surface area contributed by atoms with E-state index in [4.69, 9.17) is 0 Å². The first-order chi connectivity index (χ1) is 8.59. The normalized spacial score (nSPS) is 9.71. The summed E-state index contributed by atoms with van der Waals surface area (Å²) in [6.45, 7) is 8.48. The van der Waals surface area contributed by atoms with Crippen LogP contribution in [-0.4, -0.2) is 9.97 Å². The SMILES string of the molecule is Cc1cnc2c(ccc3c(C)c(C)cnc32)c1C.[Cl-].[Cl-].[Ni+2]. The number of hydrogen-bond donors (Lipinski definition) is 0. The average molecular weight is 366 g/mol. The minimum absolute atomic E-state index is 0. The van der Waals surface area contributed by atoms with Crippen LogP contribution in [0.25, 0.3) is 21.8 Å². The van der Waals surface area contributed by atoms with E-state index in [0.717, 1.165) is 11.0 Å². The van der Waals surface area contributed by atoms with Crippen molar-refractivity contribution in [2.24, 2.45) is 0 Å². The molecule has 1 aromatic carbocycles. The van der Waals surface area contributed by atoms with Crippen LogP contribution in [0.15, 0.2) is 24.5 Å². The van der Waals surface area contributed by atoms with Gasteiger partial charge < -0.3 is 24.8 Å². The Balaban J connectivity index is 0.00000133. The van der Waals surface area contributed by atoms with Gasteiger partial charge >= 0.3 is 16.5 Å². The molecule has 0 spiro atoms. The van der Waals surface area contributed by atoms with Crippen LogP contribution < -0.4 is 24.8 Å². The molecule has 3 aromatic rings. The fraction of sp³-hybridized carbons (Fsp3) is 0.250. The molecule has 2 heterocycles. The van der Waals surface area contributed by atoms with Crippen LogP contribution >= 0.6 is 0 Å². The maximum atomic E-state index is 4.58. The van der Waals surface area contributed by atoms with Crippen molar-refractivity contribution in [1.29, 1.82) is 0 Å². The second kappa shape index (κ2) is 7.40. The molecule has 0 aliphatic rings. The van der Waals surface area contributed by atoms with Gasteiger partial charge in [-0.1, -0.05) is 12.1 Å². The Hall–Kier alpha value is -0.886. The van der Waals surface area contributed by atoms with Gasteiger partial charge in [0.25, 0.3) is 0 Å². The number of hydrogen-bond acceptors (Lipinski definition) is 2. The van der Waals surface area contributed by atoms with E-state index in [2.05, 4.69) is 49.8 Å². The second-order valence-corrected chi connectivity index (χ2v) is 4.99. The first-order valence-corrected chi connectivity index (χ1v) is 6.20. The van der Waals surface area contributed by atoms with Crippen molar-refractivity contribution in [3.8, 4) is 0 Å². The minimum atomic E-state index is 0. The second-order valence-electron chi connectivity index (χ2n) is 4.99. The number of pyridine rings is 2. The average Bonchev–Trinajstić information content (AvgIpc) is 2.38. The fourth-order valence-electron chi connectivity index (χ4n) is 2.39. The molecule has 0 fully saturated rings. The molecule has 0 bridgehead atoms. The first kappa shape index (κ1) is 20.1. The Labute approximate surface area is 147 Å². The van der Waals surface area contributed by atoms with Gasteiger partial charge in [-0.15, -0.1) is 0 Å². The molecular weight excluding hydrogens is 350 g/mol. The molecule has 0 amide bonds. The summed E-state index contributed by atoms with van der Waals surface area (Å²) in [5.74, 6) is 0. The van der Waals surface area contributed by atoms with E-state index in [-0.39, 0.29) is 41.3 Å². The van der Waals surface area contributed by atoms with Gasteiger partial charge in [-0.05, 0) is 49.9 Å². The van der Waals surface area contributed by atoms with Gasteiger partial charge in [0, 0.05) is 23.2 Å².